The molecule has 0 fully saturated rings. The maximum atomic E-state index is 12.4. The zero-order valence-electron chi connectivity index (χ0n) is 12.5. The monoisotopic (exact) mass is 297 g/mol. The van der Waals surface area contributed by atoms with Gasteiger partial charge in [0.05, 0.1) is 21.3 Å². The van der Waals surface area contributed by atoms with E-state index in [0.717, 1.165) is 0 Å². The molecule has 0 aliphatic rings. The van der Waals surface area contributed by atoms with E-state index in [2.05, 4.69) is 0 Å². The van der Waals surface area contributed by atoms with Crippen molar-refractivity contribution in [2.24, 2.45) is 0 Å². The Labute approximate surface area is 123 Å². The first-order chi connectivity index (χ1) is 9.98. The summed E-state index contributed by atoms with van der Waals surface area (Å²) < 4.78 is 15.5. The number of likely N-dealkylation sites (N-methyl/N-ethyl adjacent to an activating group) is 1. The van der Waals surface area contributed by atoms with Gasteiger partial charge >= 0.3 is 5.97 Å². The summed E-state index contributed by atoms with van der Waals surface area (Å²) in [4.78, 5) is 24.4. The second-order valence-electron chi connectivity index (χ2n) is 4.13. The van der Waals surface area contributed by atoms with Crippen LogP contribution in [0.4, 0.5) is 0 Å². The highest BCUT2D eigenvalue weighted by Crippen LogP contribution is 2.38. The van der Waals surface area contributed by atoms with Crippen molar-refractivity contribution in [3.63, 3.8) is 0 Å². The van der Waals surface area contributed by atoms with E-state index in [-0.39, 0.29) is 18.7 Å². The fraction of sp³-hybridized carbons (Fsp3) is 0.429. The number of hydrogen-bond acceptors (Lipinski definition) is 5. The lowest BCUT2D eigenvalue weighted by atomic mass is 10.1. The molecule has 7 nitrogen and oxygen atoms in total. The van der Waals surface area contributed by atoms with Crippen LogP contribution in [0.1, 0.15) is 17.3 Å². The number of carbonyl (C=O) groups is 2. The molecule has 0 aliphatic carbocycles. The quantitative estimate of drug-likeness (QED) is 0.815. The lowest BCUT2D eigenvalue weighted by Crippen LogP contribution is -2.35. The molecule has 0 atom stereocenters. The van der Waals surface area contributed by atoms with Crippen LogP contribution in [-0.4, -0.2) is 56.3 Å². The first kappa shape index (κ1) is 16.6. The van der Waals surface area contributed by atoms with E-state index in [1.807, 2.05) is 0 Å². The Morgan fingerprint density at radius 1 is 1.10 bits per heavy atom. The lowest BCUT2D eigenvalue weighted by Gasteiger charge is -2.20. The Kier molecular flexibility index (Phi) is 5.83. The molecule has 0 unspecified atom stereocenters. The normalized spacial score (nSPS) is 9.90. The number of rotatable bonds is 7. The van der Waals surface area contributed by atoms with E-state index in [9.17, 15) is 9.59 Å². The average molecular weight is 297 g/mol. The molecule has 1 amide bonds. The van der Waals surface area contributed by atoms with Gasteiger partial charge < -0.3 is 24.2 Å². The number of benzene rings is 1. The summed E-state index contributed by atoms with van der Waals surface area (Å²) in [6, 6.07) is 2.99. The Morgan fingerprint density at radius 2 is 1.62 bits per heavy atom. The van der Waals surface area contributed by atoms with Crippen LogP contribution in [0.3, 0.4) is 0 Å². The third kappa shape index (κ3) is 3.77. The third-order valence-corrected chi connectivity index (χ3v) is 2.91. The summed E-state index contributed by atoms with van der Waals surface area (Å²) in [6.07, 6.45) is 0. The van der Waals surface area contributed by atoms with Gasteiger partial charge in [-0.2, -0.15) is 0 Å². The van der Waals surface area contributed by atoms with Crippen LogP contribution in [0.15, 0.2) is 12.1 Å². The summed E-state index contributed by atoms with van der Waals surface area (Å²) in [7, 11) is 4.35. The van der Waals surface area contributed by atoms with Gasteiger partial charge in [-0.3, -0.25) is 9.59 Å². The third-order valence-electron chi connectivity index (χ3n) is 2.91. The van der Waals surface area contributed by atoms with Gasteiger partial charge in [-0.1, -0.05) is 0 Å². The molecule has 1 N–H and O–H groups in total. The van der Waals surface area contributed by atoms with E-state index in [1.165, 1.54) is 38.4 Å². The highest BCUT2D eigenvalue weighted by molar-refractivity contribution is 5.97. The van der Waals surface area contributed by atoms with Crippen molar-refractivity contribution >= 4 is 11.9 Å². The summed E-state index contributed by atoms with van der Waals surface area (Å²) in [5.74, 6) is -0.437. The molecule has 0 aliphatic heterocycles. The summed E-state index contributed by atoms with van der Waals surface area (Å²) in [5, 5.41) is 8.83. The highest BCUT2D eigenvalue weighted by atomic mass is 16.5. The fourth-order valence-corrected chi connectivity index (χ4v) is 1.88. The van der Waals surface area contributed by atoms with Crippen molar-refractivity contribution in [3.8, 4) is 17.2 Å². The largest absolute Gasteiger partial charge is 0.493 e. The van der Waals surface area contributed by atoms with Crippen molar-refractivity contribution in [3.05, 3.63) is 17.7 Å². The van der Waals surface area contributed by atoms with Gasteiger partial charge in [0.1, 0.15) is 6.54 Å². The molecule has 7 heteroatoms. The molecule has 1 aromatic carbocycles. The predicted molar refractivity (Wildman–Crippen MR) is 75.3 cm³/mol. The minimum Gasteiger partial charge on any atom is -0.493 e. The van der Waals surface area contributed by atoms with Gasteiger partial charge in [-0.05, 0) is 19.1 Å². The number of methoxy groups -OCH3 is 3. The molecule has 1 aromatic rings. The number of nitrogens with zero attached hydrogens (tertiary/aromatic N) is 1. The molecule has 0 saturated carbocycles. The smallest absolute Gasteiger partial charge is 0.323 e. The molecule has 0 radical (unpaired) electrons. The van der Waals surface area contributed by atoms with E-state index in [4.69, 9.17) is 19.3 Å². The van der Waals surface area contributed by atoms with Crippen molar-refractivity contribution in [2.45, 2.75) is 6.92 Å². The van der Waals surface area contributed by atoms with Gasteiger partial charge in [0.15, 0.2) is 11.5 Å². The number of aliphatic carboxylic acids is 1. The van der Waals surface area contributed by atoms with Crippen molar-refractivity contribution in [2.75, 3.05) is 34.4 Å². The van der Waals surface area contributed by atoms with Crippen LogP contribution in [0, 0.1) is 0 Å². The Balaban J connectivity index is 3.23. The molecule has 116 valence electrons. The lowest BCUT2D eigenvalue weighted by molar-refractivity contribution is -0.137. The minimum atomic E-state index is -1.07. The van der Waals surface area contributed by atoms with Crippen LogP contribution >= 0.6 is 0 Å². The molecular formula is C14H19NO6. The molecule has 0 bridgehead atoms. The number of carbonyl (C=O) groups excluding carboxylic acids is 1. The first-order valence-corrected chi connectivity index (χ1v) is 6.29. The standard InChI is InChI=1S/C14H19NO6/c1-5-15(8-12(16)17)14(18)9-6-10(19-2)13(21-4)11(7-9)20-3/h6-7H,5,8H2,1-4H3,(H,16,17). The van der Waals surface area contributed by atoms with Crippen molar-refractivity contribution in [1.29, 1.82) is 0 Å². The van der Waals surface area contributed by atoms with Crippen LogP contribution in [-0.2, 0) is 4.79 Å². The molecule has 0 aromatic heterocycles. The molecule has 1 rings (SSSR count). The van der Waals surface area contributed by atoms with Gasteiger partial charge in [0.2, 0.25) is 5.75 Å². The van der Waals surface area contributed by atoms with Crippen LogP contribution < -0.4 is 14.2 Å². The molecule has 21 heavy (non-hydrogen) atoms. The summed E-state index contributed by atoms with van der Waals surface area (Å²) >= 11 is 0. The maximum absolute atomic E-state index is 12.4. The fourth-order valence-electron chi connectivity index (χ4n) is 1.88. The number of carboxylic acid groups (broad SMARTS) is 1. The molecule has 0 spiro atoms. The second-order valence-corrected chi connectivity index (χ2v) is 4.13. The highest BCUT2D eigenvalue weighted by Gasteiger charge is 2.21. The average Bonchev–Trinajstić information content (AvgIpc) is 2.49. The van der Waals surface area contributed by atoms with Crippen molar-refractivity contribution in [1.82, 2.24) is 4.90 Å². The number of ether oxygens (including phenoxy) is 3. The number of amides is 1. The van der Waals surface area contributed by atoms with Gasteiger partial charge in [0.25, 0.3) is 5.91 Å². The van der Waals surface area contributed by atoms with Crippen LogP contribution in [0.2, 0.25) is 0 Å². The molecule has 0 heterocycles. The first-order valence-electron chi connectivity index (χ1n) is 6.29. The van der Waals surface area contributed by atoms with Gasteiger partial charge in [0, 0.05) is 12.1 Å². The van der Waals surface area contributed by atoms with Crippen molar-refractivity contribution < 1.29 is 28.9 Å². The molecular weight excluding hydrogens is 278 g/mol. The van der Waals surface area contributed by atoms with Crippen LogP contribution in [0.25, 0.3) is 0 Å². The summed E-state index contributed by atoms with van der Waals surface area (Å²) in [5.41, 5.74) is 0.271. The Morgan fingerprint density at radius 3 is 1.95 bits per heavy atom. The number of hydrogen-bond donors (Lipinski definition) is 1. The predicted octanol–water partition coefficient (Wildman–Crippen LogP) is 1.26. The number of carboxylic acids is 1. The second kappa shape index (κ2) is 7.37. The van der Waals surface area contributed by atoms with Gasteiger partial charge in [-0.25, -0.2) is 0 Å². The zero-order chi connectivity index (χ0) is 16.0. The maximum Gasteiger partial charge on any atom is 0.323 e. The zero-order valence-corrected chi connectivity index (χ0v) is 12.5. The van der Waals surface area contributed by atoms with E-state index >= 15 is 0 Å². The van der Waals surface area contributed by atoms with Gasteiger partial charge in [-0.15, -0.1) is 0 Å². The Hall–Kier alpha value is -2.44. The van der Waals surface area contributed by atoms with E-state index in [0.29, 0.717) is 17.2 Å². The van der Waals surface area contributed by atoms with Crippen LogP contribution in [0.5, 0.6) is 17.2 Å². The molecule has 0 saturated heterocycles. The topological polar surface area (TPSA) is 85.3 Å². The van der Waals surface area contributed by atoms with E-state index < -0.39 is 11.9 Å². The minimum absolute atomic E-state index is 0.271. The Bertz CT molecular complexity index is 503. The van der Waals surface area contributed by atoms with E-state index in [1.54, 1.807) is 6.92 Å². The SMILES string of the molecule is CCN(CC(=O)O)C(=O)c1cc(OC)c(OC)c(OC)c1. The summed E-state index contributed by atoms with van der Waals surface area (Å²) in [6.45, 7) is 1.62.